The van der Waals surface area contributed by atoms with Crippen LogP contribution >= 0.6 is 0 Å². The number of hydrogen-bond donors (Lipinski definition) is 1. The molecule has 0 saturated carbocycles. The molecule has 2 aromatic rings. The first-order chi connectivity index (χ1) is 10.3. The number of aromatic nitrogens is 1. The molecular formula is C17H20N2O3. The van der Waals surface area contributed by atoms with Gasteiger partial charge in [-0.2, -0.15) is 0 Å². The number of carboxylic acid groups (broad SMARTS) is 1. The second kappa shape index (κ2) is 6.05. The zero-order valence-electron chi connectivity index (χ0n) is 13.3. The molecule has 0 amide bonds. The van der Waals surface area contributed by atoms with Crippen molar-refractivity contribution < 1.29 is 9.90 Å². The first-order valence-corrected chi connectivity index (χ1v) is 7.11. The normalized spacial score (nSPS) is 10.5. The van der Waals surface area contributed by atoms with E-state index >= 15 is 0 Å². The minimum Gasteiger partial charge on any atom is -0.477 e. The molecule has 1 heterocycles. The van der Waals surface area contributed by atoms with E-state index in [2.05, 4.69) is 0 Å². The fraction of sp³-hybridized carbons (Fsp3) is 0.294. The summed E-state index contributed by atoms with van der Waals surface area (Å²) in [5.74, 6) is -1.20. The third kappa shape index (κ3) is 2.88. The van der Waals surface area contributed by atoms with Crippen LogP contribution in [0.5, 0.6) is 0 Å². The van der Waals surface area contributed by atoms with Gasteiger partial charge in [-0.3, -0.25) is 4.79 Å². The van der Waals surface area contributed by atoms with E-state index in [4.69, 9.17) is 5.11 Å². The molecule has 0 aliphatic rings. The van der Waals surface area contributed by atoms with Crippen LogP contribution < -0.4 is 10.3 Å². The molecular weight excluding hydrogens is 280 g/mol. The summed E-state index contributed by atoms with van der Waals surface area (Å²) in [6.45, 7) is 4.52. The largest absolute Gasteiger partial charge is 0.477 e. The summed E-state index contributed by atoms with van der Waals surface area (Å²) in [6.07, 6.45) is 1.41. The molecule has 0 spiro atoms. The van der Waals surface area contributed by atoms with Gasteiger partial charge in [0.25, 0.3) is 0 Å². The zero-order chi connectivity index (χ0) is 16.4. The van der Waals surface area contributed by atoms with Gasteiger partial charge in [-0.1, -0.05) is 6.07 Å². The maximum atomic E-state index is 12.0. The van der Waals surface area contributed by atoms with Gasteiger partial charge in [0.2, 0.25) is 0 Å². The van der Waals surface area contributed by atoms with Crippen LogP contribution in [-0.4, -0.2) is 29.7 Å². The Kier molecular flexibility index (Phi) is 4.35. The fourth-order valence-electron chi connectivity index (χ4n) is 2.56. The minimum atomic E-state index is -1.20. The van der Waals surface area contributed by atoms with E-state index in [9.17, 15) is 9.59 Å². The lowest BCUT2D eigenvalue weighted by atomic mass is 10.0. The van der Waals surface area contributed by atoms with Gasteiger partial charge in [0, 0.05) is 38.6 Å². The van der Waals surface area contributed by atoms with Crippen LogP contribution in [0.2, 0.25) is 0 Å². The number of hydrogen-bond acceptors (Lipinski definition) is 3. The van der Waals surface area contributed by atoms with Crippen molar-refractivity contribution in [3.8, 4) is 11.3 Å². The van der Waals surface area contributed by atoms with E-state index < -0.39 is 11.4 Å². The molecule has 5 nitrogen and oxygen atoms in total. The maximum Gasteiger partial charge on any atom is 0.341 e. The Hall–Kier alpha value is -2.56. The van der Waals surface area contributed by atoms with Gasteiger partial charge in [-0.25, -0.2) is 4.79 Å². The van der Waals surface area contributed by atoms with E-state index in [0.717, 1.165) is 22.5 Å². The number of carbonyl (C=O) groups is 1. The van der Waals surface area contributed by atoms with Crippen LogP contribution in [0.3, 0.4) is 0 Å². The first-order valence-electron chi connectivity index (χ1n) is 7.11. The summed E-state index contributed by atoms with van der Waals surface area (Å²) < 4.78 is 1.79. The summed E-state index contributed by atoms with van der Waals surface area (Å²) in [4.78, 5) is 25.1. The van der Waals surface area contributed by atoms with Gasteiger partial charge in [0.05, 0.1) is 5.69 Å². The van der Waals surface area contributed by atoms with E-state index in [1.54, 1.807) is 4.57 Å². The second-order valence-corrected chi connectivity index (χ2v) is 5.42. The molecule has 1 aromatic carbocycles. The Morgan fingerprint density at radius 2 is 1.95 bits per heavy atom. The van der Waals surface area contributed by atoms with E-state index in [1.807, 2.05) is 51.0 Å². The van der Waals surface area contributed by atoms with Gasteiger partial charge in [-0.05, 0) is 37.1 Å². The van der Waals surface area contributed by atoms with E-state index in [-0.39, 0.29) is 5.56 Å². The highest BCUT2D eigenvalue weighted by molar-refractivity contribution is 5.87. The van der Waals surface area contributed by atoms with E-state index in [0.29, 0.717) is 6.54 Å². The molecule has 5 heteroatoms. The lowest BCUT2D eigenvalue weighted by Crippen LogP contribution is -2.18. The fourth-order valence-corrected chi connectivity index (χ4v) is 2.56. The standard InChI is InChI=1S/C17H20N2O3/c1-5-19-10-13(17(21)22)16(20)9-15(19)12-6-7-14(18(3)4)11(2)8-12/h6-10H,5H2,1-4H3,(H,21,22). The lowest BCUT2D eigenvalue weighted by Gasteiger charge is -2.18. The summed E-state index contributed by atoms with van der Waals surface area (Å²) in [5.41, 5.74) is 3.16. The summed E-state index contributed by atoms with van der Waals surface area (Å²) in [6, 6.07) is 7.36. The van der Waals surface area contributed by atoms with Crippen LogP contribution in [0.1, 0.15) is 22.8 Å². The van der Waals surface area contributed by atoms with Crippen molar-refractivity contribution >= 4 is 11.7 Å². The lowest BCUT2D eigenvalue weighted by molar-refractivity contribution is 0.0694. The monoisotopic (exact) mass is 300 g/mol. The van der Waals surface area contributed by atoms with Crippen LogP contribution in [0.4, 0.5) is 5.69 Å². The van der Waals surface area contributed by atoms with Crippen LogP contribution in [0.15, 0.2) is 35.3 Å². The Balaban J connectivity index is 2.62. The highest BCUT2D eigenvalue weighted by Gasteiger charge is 2.13. The number of aromatic carboxylic acids is 1. The molecule has 0 bridgehead atoms. The van der Waals surface area contributed by atoms with Crippen molar-refractivity contribution in [1.29, 1.82) is 0 Å². The first kappa shape index (κ1) is 15.8. The summed E-state index contributed by atoms with van der Waals surface area (Å²) in [7, 11) is 3.96. The second-order valence-electron chi connectivity index (χ2n) is 5.42. The molecule has 0 unspecified atom stereocenters. The number of aryl methyl sites for hydroxylation is 2. The summed E-state index contributed by atoms with van der Waals surface area (Å²) >= 11 is 0. The van der Waals surface area contributed by atoms with Crippen LogP contribution in [0, 0.1) is 6.92 Å². The Morgan fingerprint density at radius 1 is 1.27 bits per heavy atom. The Morgan fingerprint density at radius 3 is 2.45 bits per heavy atom. The number of rotatable bonds is 4. The number of carboxylic acids is 1. The predicted octanol–water partition coefficient (Wildman–Crippen LogP) is 2.61. The number of benzene rings is 1. The molecule has 1 aromatic heterocycles. The molecule has 0 aliphatic heterocycles. The average molecular weight is 300 g/mol. The molecule has 0 radical (unpaired) electrons. The molecule has 1 N–H and O–H groups in total. The molecule has 0 aliphatic carbocycles. The van der Waals surface area contributed by atoms with Crippen LogP contribution in [-0.2, 0) is 6.54 Å². The predicted molar refractivity (Wildman–Crippen MR) is 87.8 cm³/mol. The van der Waals surface area contributed by atoms with E-state index in [1.165, 1.54) is 12.3 Å². The number of nitrogens with zero attached hydrogens (tertiary/aromatic N) is 2. The molecule has 0 atom stereocenters. The highest BCUT2D eigenvalue weighted by Crippen LogP contribution is 2.25. The van der Waals surface area contributed by atoms with Gasteiger partial charge in [-0.15, -0.1) is 0 Å². The third-order valence-electron chi connectivity index (χ3n) is 3.67. The third-order valence-corrected chi connectivity index (χ3v) is 3.67. The molecule has 0 saturated heterocycles. The van der Waals surface area contributed by atoms with Crippen molar-refractivity contribution in [3.05, 3.63) is 51.8 Å². The Labute approximate surface area is 129 Å². The van der Waals surface area contributed by atoms with Crippen molar-refractivity contribution in [1.82, 2.24) is 4.57 Å². The quantitative estimate of drug-likeness (QED) is 0.943. The SMILES string of the molecule is CCn1cc(C(=O)O)c(=O)cc1-c1ccc(N(C)C)c(C)c1. The van der Waals surface area contributed by atoms with Crippen LogP contribution in [0.25, 0.3) is 11.3 Å². The minimum absolute atomic E-state index is 0.202. The van der Waals surface area contributed by atoms with Gasteiger partial charge < -0.3 is 14.6 Å². The van der Waals surface area contributed by atoms with Gasteiger partial charge in [0.1, 0.15) is 5.56 Å². The topological polar surface area (TPSA) is 62.5 Å². The number of anilines is 1. The molecule has 22 heavy (non-hydrogen) atoms. The van der Waals surface area contributed by atoms with Crippen molar-refractivity contribution in [2.24, 2.45) is 0 Å². The maximum absolute atomic E-state index is 12.0. The van der Waals surface area contributed by atoms with Gasteiger partial charge in [0.15, 0.2) is 5.43 Å². The van der Waals surface area contributed by atoms with Crippen molar-refractivity contribution in [2.45, 2.75) is 20.4 Å². The molecule has 0 fully saturated rings. The summed E-state index contributed by atoms with van der Waals surface area (Å²) in [5, 5.41) is 9.07. The average Bonchev–Trinajstić information content (AvgIpc) is 2.46. The van der Waals surface area contributed by atoms with Crippen molar-refractivity contribution in [3.63, 3.8) is 0 Å². The zero-order valence-corrected chi connectivity index (χ0v) is 13.3. The molecule has 116 valence electrons. The van der Waals surface area contributed by atoms with Crippen molar-refractivity contribution in [2.75, 3.05) is 19.0 Å². The van der Waals surface area contributed by atoms with Gasteiger partial charge >= 0.3 is 5.97 Å². The number of pyridine rings is 1. The Bertz CT molecular complexity index is 776. The highest BCUT2D eigenvalue weighted by atomic mass is 16.4. The molecule has 2 rings (SSSR count). The smallest absolute Gasteiger partial charge is 0.341 e.